The highest BCUT2D eigenvalue weighted by molar-refractivity contribution is 5.29. The number of ether oxygens (including phenoxy) is 1. The van der Waals surface area contributed by atoms with Crippen LogP contribution in [0.15, 0.2) is 18.5 Å². The van der Waals surface area contributed by atoms with E-state index in [0.717, 1.165) is 12.1 Å². The van der Waals surface area contributed by atoms with Gasteiger partial charge >= 0.3 is 0 Å². The molecule has 0 aliphatic rings. The fourth-order valence-electron chi connectivity index (χ4n) is 1.10. The Hall–Kier alpha value is -1.23. The molecule has 0 fully saturated rings. The van der Waals surface area contributed by atoms with Crippen LogP contribution in [0.2, 0.25) is 0 Å². The van der Waals surface area contributed by atoms with E-state index in [-0.39, 0.29) is 0 Å². The minimum atomic E-state index is -2.46. The second kappa shape index (κ2) is 6.29. The second-order valence-electron chi connectivity index (χ2n) is 2.97. The maximum Gasteiger partial charge on any atom is 0.272 e. The average molecular weight is 216 g/mol. The molecular weight excluding hydrogens is 202 g/mol. The maximum absolute atomic E-state index is 11.9. The van der Waals surface area contributed by atoms with Crippen molar-refractivity contribution in [1.82, 2.24) is 10.3 Å². The van der Waals surface area contributed by atoms with Crippen molar-refractivity contribution in [3.8, 4) is 5.75 Å². The van der Waals surface area contributed by atoms with E-state index in [4.69, 9.17) is 4.74 Å². The minimum absolute atomic E-state index is 0.416. The van der Waals surface area contributed by atoms with E-state index in [2.05, 4.69) is 10.3 Å². The Bertz CT molecular complexity index is 295. The molecule has 0 saturated carbocycles. The third-order valence-electron chi connectivity index (χ3n) is 1.80. The van der Waals surface area contributed by atoms with Crippen LogP contribution in [-0.4, -0.2) is 24.6 Å². The van der Waals surface area contributed by atoms with Gasteiger partial charge in [0, 0.05) is 18.3 Å². The number of pyridine rings is 1. The smallest absolute Gasteiger partial charge is 0.272 e. The topological polar surface area (TPSA) is 34.2 Å². The van der Waals surface area contributed by atoms with Crippen LogP contribution in [0, 0.1) is 0 Å². The minimum Gasteiger partial charge on any atom is -0.486 e. The Morgan fingerprint density at radius 3 is 3.00 bits per heavy atom. The van der Waals surface area contributed by atoms with Crippen molar-refractivity contribution in [3.05, 3.63) is 24.0 Å². The molecule has 15 heavy (non-hydrogen) atoms. The normalized spacial score (nSPS) is 10.7. The van der Waals surface area contributed by atoms with Crippen LogP contribution < -0.4 is 10.1 Å². The number of alkyl halides is 2. The SMILES string of the molecule is CCNCc1ccncc1OCC(F)F. The zero-order valence-corrected chi connectivity index (χ0v) is 8.54. The van der Waals surface area contributed by atoms with Crippen molar-refractivity contribution >= 4 is 0 Å². The first-order chi connectivity index (χ1) is 7.24. The molecule has 1 aromatic rings. The van der Waals surface area contributed by atoms with Crippen LogP contribution in [0.4, 0.5) is 8.78 Å². The molecule has 1 rings (SSSR count). The van der Waals surface area contributed by atoms with E-state index in [1.165, 1.54) is 6.20 Å². The summed E-state index contributed by atoms with van der Waals surface area (Å²) in [5.41, 5.74) is 0.840. The fraction of sp³-hybridized carbons (Fsp3) is 0.500. The van der Waals surface area contributed by atoms with Gasteiger partial charge in [0.1, 0.15) is 12.4 Å². The molecule has 3 nitrogen and oxygen atoms in total. The molecule has 0 atom stereocenters. The van der Waals surface area contributed by atoms with Gasteiger partial charge < -0.3 is 10.1 Å². The van der Waals surface area contributed by atoms with E-state index < -0.39 is 13.0 Å². The molecule has 1 heterocycles. The van der Waals surface area contributed by atoms with Crippen molar-refractivity contribution in [1.29, 1.82) is 0 Å². The fourth-order valence-corrected chi connectivity index (χ4v) is 1.10. The van der Waals surface area contributed by atoms with Crippen LogP contribution in [-0.2, 0) is 6.54 Å². The van der Waals surface area contributed by atoms with Crippen molar-refractivity contribution < 1.29 is 13.5 Å². The van der Waals surface area contributed by atoms with Gasteiger partial charge in [-0.05, 0) is 12.6 Å². The Morgan fingerprint density at radius 1 is 1.53 bits per heavy atom. The highest BCUT2D eigenvalue weighted by Crippen LogP contribution is 2.16. The van der Waals surface area contributed by atoms with Crippen molar-refractivity contribution in [2.45, 2.75) is 19.9 Å². The molecule has 0 bridgehead atoms. The monoisotopic (exact) mass is 216 g/mol. The molecule has 0 aromatic carbocycles. The maximum atomic E-state index is 11.9. The van der Waals surface area contributed by atoms with E-state index >= 15 is 0 Å². The molecule has 1 aromatic heterocycles. The van der Waals surface area contributed by atoms with Gasteiger partial charge in [-0.2, -0.15) is 0 Å². The lowest BCUT2D eigenvalue weighted by Crippen LogP contribution is -2.14. The van der Waals surface area contributed by atoms with Gasteiger partial charge in [0.05, 0.1) is 6.20 Å². The van der Waals surface area contributed by atoms with Crippen LogP contribution in [0.1, 0.15) is 12.5 Å². The molecule has 1 N–H and O–H groups in total. The number of nitrogens with zero attached hydrogens (tertiary/aromatic N) is 1. The molecular formula is C10H14F2N2O. The summed E-state index contributed by atoms with van der Waals surface area (Å²) in [7, 11) is 0. The lowest BCUT2D eigenvalue weighted by Gasteiger charge is -2.10. The molecule has 0 saturated heterocycles. The van der Waals surface area contributed by atoms with Gasteiger partial charge in [0.25, 0.3) is 6.43 Å². The molecule has 0 spiro atoms. The highest BCUT2D eigenvalue weighted by Gasteiger charge is 2.07. The number of halogens is 2. The van der Waals surface area contributed by atoms with Gasteiger partial charge in [-0.1, -0.05) is 6.92 Å². The average Bonchev–Trinajstić information content (AvgIpc) is 2.24. The zero-order chi connectivity index (χ0) is 11.1. The third-order valence-corrected chi connectivity index (χ3v) is 1.80. The Morgan fingerprint density at radius 2 is 2.33 bits per heavy atom. The standard InChI is InChI=1S/C10H14F2N2O/c1-2-13-5-8-3-4-14-6-9(8)15-7-10(11)12/h3-4,6,10,13H,2,5,7H2,1H3. The Kier molecular flexibility index (Phi) is 4.97. The van der Waals surface area contributed by atoms with Crippen LogP contribution in [0.25, 0.3) is 0 Å². The van der Waals surface area contributed by atoms with Crippen molar-refractivity contribution in [2.75, 3.05) is 13.2 Å². The van der Waals surface area contributed by atoms with Crippen LogP contribution in [0.5, 0.6) is 5.75 Å². The number of hydrogen-bond donors (Lipinski definition) is 1. The summed E-state index contributed by atoms with van der Waals surface area (Å²) in [6.45, 7) is 2.79. The molecule has 5 heteroatoms. The predicted octanol–water partition coefficient (Wildman–Crippen LogP) is 1.83. The van der Waals surface area contributed by atoms with E-state index in [1.54, 1.807) is 12.3 Å². The van der Waals surface area contributed by atoms with Crippen molar-refractivity contribution in [3.63, 3.8) is 0 Å². The molecule has 0 radical (unpaired) electrons. The summed E-state index contributed by atoms with van der Waals surface area (Å²) >= 11 is 0. The van der Waals surface area contributed by atoms with Crippen LogP contribution >= 0.6 is 0 Å². The molecule has 0 unspecified atom stereocenters. The zero-order valence-electron chi connectivity index (χ0n) is 8.54. The summed E-state index contributed by atoms with van der Waals surface area (Å²) in [5, 5.41) is 3.10. The summed E-state index contributed by atoms with van der Waals surface area (Å²) in [4.78, 5) is 3.83. The third kappa shape index (κ3) is 4.20. The van der Waals surface area contributed by atoms with Gasteiger partial charge in [-0.3, -0.25) is 4.98 Å². The molecule has 0 aliphatic heterocycles. The Balaban J connectivity index is 2.59. The number of rotatable bonds is 6. The highest BCUT2D eigenvalue weighted by atomic mass is 19.3. The van der Waals surface area contributed by atoms with Crippen LogP contribution in [0.3, 0.4) is 0 Å². The largest absolute Gasteiger partial charge is 0.486 e. The lowest BCUT2D eigenvalue weighted by molar-refractivity contribution is 0.0812. The second-order valence-corrected chi connectivity index (χ2v) is 2.97. The van der Waals surface area contributed by atoms with Crippen molar-refractivity contribution in [2.24, 2.45) is 0 Å². The van der Waals surface area contributed by atoms with E-state index in [0.29, 0.717) is 12.3 Å². The molecule has 0 amide bonds. The lowest BCUT2D eigenvalue weighted by atomic mass is 10.2. The van der Waals surface area contributed by atoms with Gasteiger partial charge in [0.15, 0.2) is 0 Å². The summed E-state index contributed by atoms with van der Waals surface area (Å²) in [6.07, 6.45) is 0.605. The Labute approximate surface area is 87.5 Å². The first-order valence-electron chi connectivity index (χ1n) is 4.78. The van der Waals surface area contributed by atoms with Gasteiger partial charge in [-0.15, -0.1) is 0 Å². The molecule has 0 aliphatic carbocycles. The predicted molar refractivity (Wildman–Crippen MR) is 53.1 cm³/mol. The van der Waals surface area contributed by atoms with E-state index in [1.807, 2.05) is 6.92 Å². The van der Waals surface area contributed by atoms with Gasteiger partial charge in [-0.25, -0.2) is 8.78 Å². The van der Waals surface area contributed by atoms with E-state index in [9.17, 15) is 8.78 Å². The first kappa shape index (κ1) is 11.8. The summed E-state index contributed by atoms with van der Waals surface area (Å²) in [6, 6.07) is 1.75. The first-order valence-corrected chi connectivity index (χ1v) is 4.78. The molecule has 84 valence electrons. The summed E-state index contributed by atoms with van der Waals surface area (Å²) < 4.78 is 28.8. The number of hydrogen-bond acceptors (Lipinski definition) is 3. The van der Waals surface area contributed by atoms with Gasteiger partial charge in [0.2, 0.25) is 0 Å². The number of nitrogens with one attached hydrogen (secondary N) is 1. The number of aromatic nitrogens is 1. The quantitative estimate of drug-likeness (QED) is 0.787. The summed E-state index contributed by atoms with van der Waals surface area (Å²) in [5.74, 6) is 0.416.